The summed E-state index contributed by atoms with van der Waals surface area (Å²) in [4.78, 5) is 0.0910. The highest BCUT2D eigenvalue weighted by Gasteiger charge is 2.16. The number of rotatable bonds is 5. The van der Waals surface area contributed by atoms with Gasteiger partial charge in [0.2, 0.25) is 0 Å². The predicted octanol–water partition coefficient (Wildman–Crippen LogP) is 3.30. The maximum Gasteiger partial charge on any atom is 0.265 e. The minimum Gasteiger partial charge on any atom is -0.495 e. The Morgan fingerprint density at radius 2 is 1.76 bits per heavy atom. The molecule has 0 saturated heterocycles. The van der Waals surface area contributed by atoms with Gasteiger partial charge >= 0.3 is 0 Å². The molecule has 0 radical (unpaired) electrons. The van der Waals surface area contributed by atoms with E-state index in [9.17, 15) is 8.42 Å². The van der Waals surface area contributed by atoms with Gasteiger partial charge in [0, 0.05) is 11.2 Å². The summed E-state index contributed by atoms with van der Waals surface area (Å²) in [5.41, 5.74) is 0.835. The molecule has 0 atom stereocenters. The normalized spacial score (nSPS) is 11.5. The van der Waals surface area contributed by atoms with E-state index in [-0.39, 0.29) is 4.90 Å². The summed E-state index contributed by atoms with van der Waals surface area (Å²) in [6.45, 7) is 0. The van der Waals surface area contributed by atoms with Crippen molar-refractivity contribution in [3.05, 3.63) is 65.3 Å². The molecule has 0 amide bonds. The zero-order valence-electron chi connectivity index (χ0n) is 11.3. The predicted molar refractivity (Wildman–Crippen MR) is 83.8 cm³/mol. The number of sulfonamides is 1. The largest absolute Gasteiger partial charge is 0.495 e. The Morgan fingerprint density at radius 3 is 2.43 bits per heavy atom. The van der Waals surface area contributed by atoms with Gasteiger partial charge in [-0.2, -0.15) is 0 Å². The van der Waals surface area contributed by atoms with Gasteiger partial charge in [-0.3, -0.25) is 4.72 Å². The van der Waals surface area contributed by atoms with Gasteiger partial charge in [0.05, 0.1) is 7.11 Å². The van der Waals surface area contributed by atoms with Crippen LogP contribution in [0.15, 0.2) is 59.6 Å². The molecule has 0 bridgehead atoms. The quantitative estimate of drug-likeness (QED) is 0.918. The van der Waals surface area contributed by atoms with Crippen molar-refractivity contribution in [3.63, 3.8) is 0 Å². The lowest BCUT2D eigenvalue weighted by Crippen LogP contribution is -2.18. The second kappa shape index (κ2) is 6.65. The van der Waals surface area contributed by atoms with Crippen molar-refractivity contribution in [1.82, 2.24) is 4.72 Å². The number of hydrogen-bond acceptors (Lipinski definition) is 3. The number of halogens is 1. The maximum atomic E-state index is 12.2. The number of nitrogens with one attached hydrogen (secondary N) is 1. The lowest BCUT2D eigenvalue weighted by atomic mass is 10.2. The molecule has 0 heterocycles. The van der Waals surface area contributed by atoms with Crippen LogP contribution in [0.4, 0.5) is 0 Å². The molecule has 0 aromatic heterocycles. The van der Waals surface area contributed by atoms with Crippen LogP contribution in [0.3, 0.4) is 0 Å². The van der Waals surface area contributed by atoms with Gasteiger partial charge < -0.3 is 4.74 Å². The van der Waals surface area contributed by atoms with Crippen molar-refractivity contribution in [2.24, 2.45) is 0 Å². The van der Waals surface area contributed by atoms with E-state index in [1.807, 2.05) is 0 Å². The van der Waals surface area contributed by atoms with E-state index in [0.29, 0.717) is 10.8 Å². The Bertz CT molecular complexity index is 740. The highest BCUT2D eigenvalue weighted by molar-refractivity contribution is 7.89. The van der Waals surface area contributed by atoms with Crippen molar-refractivity contribution in [2.45, 2.75) is 4.90 Å². The van der Waals surface area contributed by atoms with Gasteiger partial charge in [0.15, 0.2) is 0 Å². The van der Waals surface area contributed by atoms with Crippen molar-refractivity contribution in [1.29, 1.82) is 0 Å². The van der Waals surface area contributed by atoms with Gasteiger partial charge in [-0.1, -0.05) is 35.9 Å². The van der Waals surface area contributed by atoms with Gasteiger partial charge in [0.25, 0.3) is 10.0 Å². The standard InChI is InChI=1S/C15H14ClNO3S/c1-20-14-4-2-3-5-15(14)21(18,19)17-11-10-12-6-8-13(16)9-7-12/h2-11,17H,1H3/b11-10+. The van der Waals surface area contributed by atoms with Crippen LogP contribution < -0.4 is 9.46 Å². The molecule has 0 aliphatic rings. The summed E-state index contributed by atoms with van der Waals surface area (Å²) in [5.74, 6) is 0.296. The van der Waals surface area contributed by atoms with Gasteiger partial charge in [-0.15, -0.1) is 0 Å². The fourth-order valence-electron chi connectivity index (χ4n) is 1.70. The Hall–Kier alpha value is -1.98. The summed E-state index contributed by atoms with van der Waals surface area (Å²) < 4.78 is 31.8. The number of methoxy groups -OCH3 is 1. The molecule has 110 valence electrons. The third-order valence-electron chi connectivity index (χ3n) is 2.73. The maximum absolute atomic E-state index is 12.2. The summed E-state index contributed by atoms with van der Waals surface area (Å²) in [6.07, 6.45) is 3.01. The van der Waals surface area contributed by atoms with E-state index >= 15 is 0 Å². The van der Waals surface area contributed by atoms with Crippen molar-refractivity contribution in [2.75, 3.05) is 7.11 Å². The van der Waals surface area contributed by atoms with Crippen LogP contribution >= 0.6 is 11.6 Å². The second-order valence-corrected chi connectivity index (χ2v) is 6.28. The van der Waals surface area contributed by atoms with Crippen LogP contribution in [0.5, 0.6) is 5.75 Å². The van der Waals surface area contributed by atoms with Crippen LogP contribution in [0.25, 0.3) is 6.08 Å². The van der Waals surface area contributed by atoms with Crippen molar-refractivity contribution >= 4 is 27.7 Å². The average molecular weight is 324 g/mol. The molecule has 2 aromatic rings. The highest BCUT2D eigenvalue weighted by atomic mass is 35.5. The summed E-state index contributed by atoms with van der Waals surface area (Å²) in [6, 6.07) is 13.5. The molecule has 0 spiro atoms. The second-order valence-electron chi connectivity index (χ2n) is 4.16. The van der Waals surface area contributed by atoms with E-state index in [2.05, 4.69) is 4.72 Å². The zero-order chi connectivity index (χ0) is 15.3. The summed E-state index contributed by atoms with van der Waals surface area (Å²) in [5, 5.41) is 0.627. The Balaban J connectivity index is 2.16. The van der Waals surface area contributed by atoms with Gasteiger partial charge in [-0.25, -0.2) is 8.42 Å². The highest BCUT2D eigenvalue weighted by Crippen LogP contribution is 2.22. The third-order valence-corrected chi connectivity index (χ3v) is 4.34. The van der Waals surface area contributed by atoms with E-state index < -0.39 is 10.0 Å². The zero-order valence-corrected chi connectivity index (χ0v) is 12.9. The molecule has 0 unspecified atom stereocenters. The van der Waals surface area contributed by atoms with Crippen LogP contribution in [0, 0.1) is 0 Å². The smallest absolute Gasteiger partial charge is 0.265 e. The Labute approximate surface area is 129 Å². The number of benzene rings is 2. The first-order valence-corrected chi connectivity index (χ1v) is 7.96. The molecule has 2 rings (SSSR count). The molecule has 21 heavy (non-hydrogen) atoms. The first-order valence-electron chi connectivity index (χ1n) is 6.10. The SMILES string of the molecule is COc1ccccc1S(=O)(=O)N/C=C/c1ccc(Cl)cc1. The summed E-state index contributed by atoms with van der Waals surface area (Å²) >= 11 is 5.78. The van der Waals surface area contributed by atoms with Gasteiger partial charge in [0.1, 0.15) is 10.6 Å². The minimum absolute atomic E-state index is 0.0910. The van der Waals surface area contributed by atoms with E-state index in [0.717, 1.165) is 5.56 Å². The molecular weight excluding hydrogens is 310 g/mol. The Kier molecular flexibility index (Phi) is 4.88. The molecule has 1 N–H and O–H groups in total. The molecule has 4 nitrogen and oxygen atoms in total. The van der Waals surface area contributed by atoms with Crippen LogP contribution in [0.1, 0.15) is 5.56 Å². The summed E-state index contributed by atoms with van der Waals surface area (Å²) in [7, 11) is -2.24. The monoisotopic (exact) mass is 323 g/mol. The first-order chi connectivity index (χ1) is 10.0. The van der Waals surface area contributed by atoms with E-state index in [4.69, 9.17) is 16.3 Å². The molecule has 2 aromatic carbocycles. The molecule has 0 saturated carbocycles. The van der Waals surface area contributed by atoms with Crippen molar-refractivity contribution < 1.29 is 13.2 Å². The molecule has 6 heteroatoms. The number of hydrogen-bond donors (Lipinski definition) is 1. The van der Waals surface area contributed by atoms with E-state index in [1.54, 1.807) is 48.5 Å². The van der Waals surface area contributed by atoms with E-state index in [1.165, 1.54) is 19.4 Å². The molecule has 0 fully saturated rings. The molecule has 0 aliphatic carbocycles. The number of para-hydroxylation sites is 1. The average Bonchev–Trinajstić information content (AvgIpc) is 2.49. The van der Waals surface area contributed by atoms with Crippen molar-refractivity contribution in [3.8, 4) is 5.75 Å². The fraction of sp³-hybridized carbons (Fsp3) is 0.0667. The minimum atomic E-state index is -3.67. The fourth-order valence-corrected chi connectivity index (χ4v) is 2.87. The Morgan fingerprint density at radius 1 is 1.10 bits per heavy atom. The number of ether oxygens (including phenoxy) is 1. The third kappa shape index (κ3) is 4.00. The van der Waals surface area contributed by atoms with Gasteiger partial charge in [-0.05, 0) is 35.9 Å². The van der Waals surface area contributed by atoms with Crippen LogP contribution in [0.2, 0.25) is 5.02 Å². The lowest BCUT2D eigenvalue weighted by molar-refractivity contribution is 0.402. The molecular formula is C15H14ClNO3S. The molecule has 0 aliphatic heterocycles. The first kappa shape index (κ1) is 15.4. The van der Waals surface area contributed by atoms with Crippen LogP contribution in [-0.4, -0.2) is 15.5 Å². The van der Waals surface area contributed by atoms with Crippen LogP contribution in [-0.2, 0) is 10.0 Å². The lowest BCUT2D eigenvalue weighted by Gasteiger charge is -2.08. The topological polar surface area (TPSA) is 55.4 Å².